The number of fused-ring (bicyclic) bond motifs is 1. The van der Waals surface area contributed by atoms with Crippen molar-refractivity contribution in [3.8, 4) is 5.75 Å². The molecule has 1 aliphatic rings. The number of rotatable bonds is 5. The van der Waals surface area contributed by atoms with Crippen LogP contribution in [0.2, 0.25) is 0 Å². The first-order valence-electron chi connectivity index (χ1n) is 8.73. The molecule has 3 aromatic rings. The molecule has 0 radical (unpaired) electrons. The molecule has 1 aliphatic heterocycles. The van der Waals surface area contributed by atoms with E-state index in [1.165, 1.54) is 12.8 Å². The Kier molecular flexibility index (Phi) is 4.47. The second kappa shape index (κ2) is 7.05. The van der Waals surface area contributed by atoms with E-state index in [0.29, 0.717) is 5.92 Å². The number of piperidine rings is 1. The Morgan fingerprint density at radius 2 is 1.92 bits per heavy atom. The predicted molar refractivity (Wildman–Crippen MR) is 96.4 cm³/mol. The van der Waals surface area contributed by atoms with Gasteiger partial charge in [0, 0.05) is 19.0 Å². The lowest BCUT2D eigenvalue weighted by Crippen LogP contribution is -2.37. The summed E-state index contributed by atoms with van der Waals surface area (Å²) < 4.78 is 5.83. The van der Waals surface area contributed by atoms with Crippen molar-refractivity contribution in [2.75, 3.05) is 26.2 Å². The standard InChI is InChI=1S/C20H23N3O/c1-2-8-17(9-3-1)24-14-13-23-12-6-7-16(15-23)20-21-18-10-4-5-11-19(18)22-20/h1-5,8-11,16H,6-7,12-15H2,(H,21,22)/t16-/m0/s1. The first kappa shape index (κ1) is 15.2. The van der Waals surface area contributed by atoms with Crippen LogP contribution in [0.3, 0.4) is 0 Å². The van der Waals surface area contributed by atoms with Gasteiger partial charge in [0.1, 0.15) is 18.2 Å². The maximum absolute atomic E-state index is 5.83. The highest BCUT2D eigenvalue weighted by Gasteiger charge is 2.23. The number of para-hydroxylation sites is 3. The van der Waals surface area contributed by atoms with Crippen molar-refractivity contribution in [1.82, 2.24) is 14.9 Å². The molecule has 0 aliphatic carbocycles. The second-order valence-electron chi connectivity index (χ2n) is 6.44. The number of imidazole rings is 1. The van der Waals surface area contributed by atoms with Gasteiger partial charge >= 0.3 is 0 Å². The van der Waals surface area contributed by atoms with Gasteiger partial charge in [-0.05, 0) is 43.7 Å². The van der Waals surface area contributed by atoms with Gasteiger partial charge in [-0.15, -0.1) is 0 Å². The lowest BCUT2D eigenvalue weighted by atomic mass is 9.97. The van der Waals surface area contributed by atoms with E-state index in [-0.39, 0.29) is 0 Å². The van der Waals surface area contributed by atoms with E-state index in [1.54, 1.807) is 0 Å². The zero-order chi connectivity index (χ0) is 16.2. The van der Waals surface area contributed by atoms with E-state index in [1.807, 2.05) is 36.4 Å². The van der Waals surface area contributed by atoms with Gasteiger partial charge in [0.25, 0.3) is 0 Å². The Morgan fingerprint density at radius 3 is 2.79 bits per heavy atom. The zero-order valence-corrected chi connectivity index (χ0v) is 13.8. The molecule has 1 saturated heterocycles. The van der Waals surface area contributed by atoms with Crippen LogP contribution >= 0.6 is 0 Å². The average molecular weight is 321 g/mol. The van der Waals surface area contributed by atoms with Crippen molar-refractivity contribution in [1.29, 1.82) is 0 Å². The number of ether oxygens (including phenoxy) is 1. The summed E-state index contributed by atoms with van der Waals surface area (Å²) in [5.41, 5.74) is 2.20. The van der Waals surface area contributed by atoms with E-state index in [4.69, 9.17) is 9.72 Å². The molecule has 4 rings (SSSR count). The van der Waals surface area contributed by atoms with E-state index < -0.39 is 0 Å². The molecule has 124 valence electrons. The normalized spacial score (nSPS) is 18.8. The molecule has 0 saturated carbocycles. The summed E-state index contributed by atoms with van der Waals surface area (Å²) in [5.74, 6) is 2.57. The van der Waals surface area contributed by atoms with Gasteiger partial charge < -0.3 is 9.72 Å². The summed E-state index contributed by atoms with van der Waals surface area (Å²) in [6, 6.07) is 18.3. The molecule has 1 N–H and O–H groups in total. The molecule has 24 heavy (non-hydrogen) atoms. The molecule has 2 heterocycles. The Hall–Kier alpha value is -2.33. The summed E-state index contributed by atoms with van der Waals surface area (Å²) in [5, 5.41) is 0. The summed E-state index contributed by atoms with van der Waals surface area (Å²) in [4.78, 5) is 10.8. The van der Waals surface area contributed by atoms with Crippen LogP contribution in [0.5, 0.6) is 5.75 Å². The van der Waals surface area contributed by atoms with Gasteiger partial charge in [0.15, 0.2) is 0 Å². The van der Waals surface area contributed by atoms with Crippen LogP contribution in [0.25, 0.3) is 11.0 Å². The van der Waals surface area contributed by atoms with Crippen LogP contribution in [0.1, 0.15) is 24.6 Å². The molecule has 0 spiro atoms. The predicted octanol–water partition coefficient (Wildman–Crippen LogP) is 3.82. The number of nitrogens with one attached hydrogen (secondary N) is 1. The fourth-order valence-corrected chi connectivity index (χ4v) is 3.46. The van der Waals surface area contributed by atoms with Crippen LogP contribution < -0.4 is 4.74 Å². The average Bonchev–Trinajstić information content (AvgIpc) is 3.07. The number of aromatic nitrogens is 2. The van der Waals surface area contributed by atoms with Crippen molar-refractivity contribution < 1.29 is 4.74 Å². The number of aromatic amines is 1. The maximum Gasteiger partial charge on any atom is 0.119 e. The molecule has 0 bridgehead atoms. The van der Waals surface area contributed by atoms with E-state index in [9.17, 15) is 0 Å². The SMILES string of the molecule is c1ccc(OCCN2CCC[C@H](c3nc4ccccc4[nH]3)C2)cc1. The number of benzene rings is 2. The lowest BCUT2D eigenvalue weighted by molar-refractivity contribution is 0.168. The Bertz CT molecular complexity index is 751. The Morgan fingerprint density at radius 1 is 1.08 bits per heavy atom. The monoisotopic (exact) mass is 321 g/mol. The number of hydrogen-bond acceptors (Lipinski definition) is 3. The minimum absolute atomic E-state index is 0.489. The molecule has 0 amide bonds. The number of hydrogen-bond donors (Lipinski definition) is 1. The third-order valence-electron chi connectivity index (χ3n) is 4.72. The fraction of sp³-hybridized carbons (Fsp3) is 0.350. The maximum atomic E-state index is 5.83. The molecular weight excluding hydrogens is 298 g/mol. The molecule has 4 heteroatoms. The van der Waals surface area contributed by atoms with Crippen molar-refractivity contribution in [2.24, 2.45) is 0 Å². The largest absolute Gasteiger partial charge is 0.492 e. The Labute approximate surface area is 142 Å². The van der Waals surface area contributed by atoms with E-state index in [2.05, 4.69) is 28.1 Å². The summed E-state index contributed by atoms with van der Waals surface area (Å²) in [6.07, 6.45) is 2.42. The quantitative estimate of drug-likeness (QED) is 0.776. The van der Waals surface area contributed by atoms with Crippen LogP contribution in [-0.2, 0) is 0 Å². The highest BCUT2D eigenvalue weighted by Crippen LogP contribution is 2.26. The smallest absolute Gasteiger partial charge is 0.119 e. The number of H-pyrrole nitrogens is 1. The molecule has 1 fully saturated rings. The van der Waals surface area contributed by atoms with Gasteiger partial charge in [-0.2, -0.15) is 0 Å². The van der Waals surface area contributed by atoms with Gasteiger partial charge in [-0.1, -0.05) is 30.3 Å². The molecule has 2 aromatic carbocycles. The topological polar surface area (TPSA) is 41.1 Å². The number of nitrogens with zero attached hydrogens (tertiary/aromatic N) is 2. The van der Waals surface area contributed by atoms with Crippen LogP contribution in [0.15, 0.2) is 54.6 Å². The minimum atomic E-state index is 0.489. The van der Waals surface area contributed by atoms with Crippen LogP contribution in [0, 0.1) is 0 Å². The van der Waals surface area contributed by atoms with Crippen molar-refractivity contribution in [3.63, 3.8) is 0 Å². The van der Waals surface area contributed by atoms with Crippen molar-refractivity contribution in [2.45, 2.75) is 18.8 Å². The zero-order valence-electron chi connectivity index (χ0n) is 13.8. The second-order valence-corrected chi connectivity index (χ2v) is 6.44. The highest BCUT2D eigenvalue weighted by atomic mass is 16.5. The molecule has 0 unspecified atom stereocenters. The number of likely N-dealkylation sites (tertiary alicyclic amines) is 1. The van der Waals surface area contributed by atoms with Gasteiger partial charge in [0.2, 0.25) is 0 Å². The molecule has 4 nitrogen and oxygen atoms in total. The third kappa shape index (κ3) is 3.44. The molecule has 1 atom stereocenters. The van der Waals surface area contributed by atoms with Crippen LogP contribution in [-0.4, -0.2) is 41.1 Å². The van der Waals surface area contributed by atoms with Crippen molar-refractivity contribution in [3.05, 3.63) is 60.4 Å². The van der Waals surface area contributed by atoms with Crippen LogP contribution in [0.4, 0.5) is 0 Å². The van der Waals surface area contributed by atoms with E-state index >= 15 is 0 Å². The van der Waals surface area contributed by atoms with E-state index in [0.717, 1.165) is 48.8 Å². The minimum Gasteiger partial charge on any atom is -0.492 e. The third-order valence-corrected chi connectivity index (χ3v) is 4.72. The first-order chi connectivity index (χ1) is 11.9. The summed E-state index contributed by atoms with van der Waals surface area (Å²) >= 11 is 0. The molecular formula is C20H23N3O. The molecule has 1 aromatic heterocycles. The first-order valence-corrected chi connectivity index (χ1v) is 8.73. The summed E-state index contributed by atoms with van der Waals surface area (Å²) in [6.45, 7) is 3.90. The summed E-state index contributed by atoms with van der Waals surface area (Å²) in [7, 11) is 0. The van der Waals surface area contributed by atoms with Gasteiger partial charge in [-0.3, -0.25) is 4.90 Å². The van der Waals surface area contributed by atoms with Gasteiger partial charge in [-0.25, -0.2) is 4.98 Å². The Balaban J connectivity index is 1.35. The highest BCUT2D eigenvalue weighted by molar-refractivity contribution is 5.74. The fourth-order valence-electron chi connectivity index (χ4n) is 3.46. The van der Waals surface area contributed by atoms with Gasteiger partial charge in [0.05, 0.1) is 11.0 Å². The lowest BCUT2D eigenvalue weighted by Gasteiger charge is -2.31. The van der Waals surface area contributed by atoms with Crippen molar-refractivity contribution >= 4 is 11.0 Å².